The van der Waals surface area contributed by atoms with Crippen molar-refractivity contribution in [3.8, 4) is 0 Å². The number of carbonyl (C=O) groups is 1. The van der Waals surface area contributed by atoms with Crippen molar-refractivity contribution in [3.05, 3.63) is 35.4 Å². The molecule has 1 atom stereocenters. The Hall–Kier alpha value is -1.06. The number of halogens is 1. The number of nitrogens with one attached hydrogen (secondary N) is 1. The normalized spacial score (nSPS) is 18.2. The van der Waals surface area contributed by atoms with Gasteiger partial charge in [0, 0.05) is 6.54 Å². The lowest BCUT2D eigenvalue weighted by atomic mass is 9.96. The summed E-state index contributed by atoms with van der Waals surface area (Å²) in [6, 6.07) is 8.00. The van der Waals surface area contributed by atoms with Crippen molar-refractivity contribution in [2.24, 2.45) is 0 Å². The van der Waals surface area contributed by atoms with Gasteiger partial charge in [0.1, 0.15) is 6.04 Å². The molecule has 0 radical (unpaired) electrons. The first-order valence-corrected chi connectivity index (χ1v) is 5.28. The van der Waals surface area contributed by atoms with Crippen LogP contribution in [0.4, 0.5) is 0 Å². The van der Waals surface area contributed by atoms with E-state index in [1.165, 1.54) is 11.1 Å². The van der Waals surface area contributed by atoms with Crippen LogP contribution in [0.2, 0.25) is 0 Å². The van der Waals surface area contributed by atoms with Gasteiger partial charge in [-0.15, -0.1) is 12.4 Å². The molecule has 4 heteroatoms. The molecule has 0 aromatic heterocycles. The highest BCUT2D eigenvalue weighted by molar-refractivity contribution is 5.85. The van der Waals surface area contributed by atoms with Crippen molar-refractivity contribution >= 4 is 18.4 Å². The van der Waals surface area contributed by atoms with Gasteiger partial charge in [-0.25, -0.2) is 0 Å². The van der Waals surface area contributed by atoms with E-state index in [0.29, 0.717) is 6.61 Å². The van der Waals surface area contributed by atoms with Crippen molar-refractivity contribution in [1.29, 1.82) is 0 Å². The number of carbonyl (C=O) groups excluding carboxylic acids is 1. The molecule has 0 saturated carbocycles. The third-order valence-corrected chi connectivity index (χ3v) is 2.65. The van der Waals surface area contributed by atoms with Gasteiger partial charge in [-0.3, -0.25) is 4.79 Å². The van der Waals surface area contributed by atoms with Gasteiger partial charge in [-0.2, -0.15) is 0 Å². The summed E-state index contributed by atoms with van der Waals surface area (Å²) in [5.74, 6) is -0.146. The van der Waals surface area contributed by atoms with Crippen molar-refractivity contribution < 1.29 is 9.53 Å². The fourth-order valence-corrected chi connectivity index (χ4v) is 1.86. The highest BCUT2D eigenvalue weighted by Gasteiger charge is 2.24. The fourth-order valence-electron chi connectivity index (χ4n) is 1.86. The van der Waals surface area contributed by atoms with Gasteiger partial charge in [0.05, 0.1) is 6.61 Å². The first kappa shape index (κ1) is 13.0. The molecule has 16 heavy (non-hydrogen) atoms. The summed E-state index contributed by atoms with van der Waals surface area (Å²) >= 11 is 0. The molecule has 1 N–H and O–H groups in total. The van der Waals surface area contributed by atoms with E-state index in [-0.39, 0.29) is 24.4 Å². The Bertz CT molecular complexity index is 368. The number of hydrogen-bond donors (Lipinski definition) is 1. The Kier molecular flexibility index (Phi) is 4.77. The summed E-state index contributed by atoms with van der Waals surface area (Å²) in [4.78, 5) is 11.5. The zero-order chi connectivity index (χ0) is 10.7. The molecule has 0 aliphatic carbocycles. The lowest BCUT2D eigenvalue weighted by molar-refractivity contribution is -0.145. The van der Waals surface area contributed by atoms with E-state index in [1.54, 1.807) is 0 Å². The van der Waals surface area contributed by atoms with Crippen molar-refractivity contribution in [3.63, 3.8) is 0 Å². The first-order chi connectivity index (χ1) is 7.31. The Morgan fingerprint density at radius 1 is 1.44 bits per heavy atom. The lowest BCUT2D eigenvalue weighted by Crippen LogP contribution is -2.42. The van der Waals surface area contributed by atoms with E-state index in [0.717, 1.165) is 13.0 Å². The predicted molar refractivity (Wildman–Crippen MR) is 64.7 cm³/mol. The first-order valence-electron chi connectivity index (χ1n) is 5.28. The maximum absolute atomic E-state index is 11.5. The van der Waals surface area contributed by atoms with Crippen molar-refractivity contribution in [1.82, 2.24) is 5.32 Å². The van der Waals surface area contributed by atoms with Crippen molar-refractivity contribution in [2.45, 2.75) is 25.9 Å². The van der Waals surface area contributed by atoms with Crippen LogP contribution in [-0.2, 0) is 22.5 Å². The lowest BCUT2D eigenvalue weighted by Gasteiger charge is -2.24. The molecule has 0 saturated heterocycles. The van der Waals surface area contributed by atoms with E-state index in [2.05, 4.69) is 17.4 Å². The van der Waals surface area contributed by atoms with Gasteiger partial charge in [0.15, 0.2) is 0 Å². The smallest absolute Gasteiger partial charge is 0.323 e. The summed E-state index contributed by atoms with van der Waals surface area (Å²) in [6.07, 6.45) is 0.731. The van der Waals surface area contributed by atoms with E-state index >= 15 is 0 Å². The van der Waals surface area contributed by atoms with Crippen LogP contribution in [0.5, 0.6) is 0 Å². The second-order valence-electron chi connectivity index (χ2n) is 3.66. The Balaban J connectivity index is 0.00000128. The summed E-state index contributed by atoms with van der Waals surface area (Å²) in [5.41, 5.74) is 2.52. The molecule has 2 rings (SSSR count). The average Bonchev–Trinajstić information content (AvgIpc) is 2.29. The maximum atomic E-state index is 11.5. The Morgan fingerprint density at radius 3 is 2.81 bits per heavy atom. The summed E-state index contributed by atoms with van der Waals surface area (Å²) < 4.78 is 4.99. The van der Waals surface area contributed by atoms with Crippen LogP contribution in [0.25, 0.3) is 0 Å². The van der Waals surface area contributed by atoms with Gasteiger partial charge in [0.25, 0.3) is 0 Å². The minimum Gasteiger partial charge on any atom is -0.465 e. The minimum atomic E-state index is -0.181. The number of ether oxygens (including phenoxy) is 1. The highest BCUT2D eigenvalue weighted by atomic mass is 35.5. The van der Waals surface area contributed by atoms with Crippen LogP contribution in [-0.4, -0.2) is 18.6 Å². The van der Waals surface area contributed by atoms with Crippen LogP contribution >= 0.6 is 12.4 Å². The zero-order valence-electron chi connectivity index (χ0n) is 9.23. The Labute approximate surface area is 102 Å². The number of rotatable bonds is 2. The maximum Gasteiger partial charge on any atom is 0.323 e. The molecular formula is C12H16ClNO2. The third-order valence-electron chi connectivity index (χ3n) is 2.65. The molecule has 1 aliphatic rings. The van der Waals surface area contributed by atoms with Crippen LogP contribution < -0.4 is 5.32 Å². The summed E-state index contributed by atoms with van der Waals surface area (Å²) in [7, 11) is 0. The predicted octanol–water partition coefficient (Wildman–Crippen LogP) is 1.69. The third kappa shape index (κ3) is 2.74. The molecule has 0 fully saturated rings. The van der Waals surface area contributed by atoms with E-state index in [1.807, 2.05) is 19.1 Å². The monoisotopic (exact) mass is 241 g/mol. The molecule has 0 amide bonds. The second kappa shape index (κ2) is 5.87. The van der Waals surface area contributed by atoms with Gasteiger partial charge in [0.2, 0.25) is 0 Å². The quantitative estimate of drug-likeness (QED) is 0.801. The molecule has 3 nitrogen and oxygen atoms in total. The second-order valence-corrected chi connectivity index (χ2v) is 3.66. The van der Waals surface area contributed by atoms with E-state index in [9.17, 15) is 4.79 Å². The van der Waals surface area contributed by atoms with Crippen LogP contribution in [0.1, 0.15) is 18.1 Å². The SMILES string of the molecule is CCOC(=O)[C@@H]1Cc2ccccc2CN1.Cl. The fraction of sp³-hybridized carbons (Fsp3) is 0.417. The van der Waals surface area contributed by atoms with Crippen LogP contribution in [0, 0.1) is 0 Å². The van der Waals surface area contributed by atoms with Crippen LogP contribution in [0.15, 0.2) is 24.3 Å². The largest absolute Gasteiger partial charge is 0.465 e. The van der Waals surface area contributed by atoms with Gasteiger partial charge < -0.3 is 10.1 Å². The number of fused-ring (bicyclic) bond motifs is 1. The number of esters is 1. The van der Waals surface area contributed by atoms with E-state index < -0.39 is 0 Å². The average molecular weight is 242 g/mol. The molecule has 88 valence electrons. The molecule has 1 heterocycles. The summed E-state index contributed by atoms with van der Waals surface area (Å²) in [6.45, 7) is 3.02. The molecule has 0 bridgehead atoms. The van der Waals surface area contributed by atoms with E-state index in [4.69, 9.17) is 4.74 Å². The summed E-state index contributed by atoms with van der Waals surface area (Å²) in [5, 5.41) is 3.19. The zero-order valence-corrected chi connectivity index (χ0v) is 10.0. The molecule has 1 aromatic rings. The standard InChI is InChI=1S/C12H15NO2.ClH/c1-2-15-12(14)11-7-9-5-3-4-6-10(9)8-13-11;/h3-6,11,13H,2,7-8H2,1H3;1H/t11-;/m0./s1. The van der Waals surface area contributed by atoms with Gasteiger partial charge >= 0.3 is 5.97 Å². The van der Waals surface area contributed by atoms with Crippen molar-refractivity contribution in [2.75, 3.05) is 6.61 Å². The van der Waals surface area contributed by atoms with Gasteiger partial charge in [-0.1, -0.05) is 24.3 Å². The number of benzene rings is 1. The minimum absolute atomic E-state index is 0. The van der Waals surface area contributed by atoms with Gasteiger partial charge in [-0.05, 0) is 24.5 Å². The molecular weight excluding hydrogens is 226 g/mol. The topological polar surface area (TPSA) is 38.3 Å². The molecule has 1 aliphatic heterocycles. The highest BCUT2D eigenvalue weighted by Crippen LogP contribution is 2.16. The molecule has 1 aromatic carbocycles. The number of hydrogen-bond acceptors (Lipinski definition) is 3. The molecule has 0 spiro atoms. The molecule has 0 unspecified atom stereocenters. The van der Waals surface area contributed by atoms with Crippen LogP contribution in [0.3, 0.4) is 0 Å². The Morgan fingerprint density at radius 2 is 2.12 bits per heavy atom.